The topological polar surface area (TPSA) is 70.8 Å². The van der Waals surface area contributed by atoms with E-state index in [4.69, 9.17) is 4.42 Å². The van der Waals surface area contributed by atoms with Crippen LogP contribution in [0.1, 0.15) is 24.2 Å². The van der Waals surface area contributed by atoms with E-state index in [1.165, 1.54) is 22.9 Å². The summed E-state index contributed by atoms with van der Waals surface area (Å²) in [7, 11) is 0. The summed E-state index contributed by atoms with van der Waals surface area (Å²) in [5.74, 6) is -0.677. The Hall–Kier alpha value is -0.950. The molecule has 1 aromatic heterocycles. The Balaban J connectivity index is 2.34. The van der Waals surface area contributed by atoms with E-state index in [0.717, 1.165) is 0 Å². The third-order valence-electron chi connectivity index (χ3n) is 2.97. The maximum Gasteiger partial charge on any atom is 0.327 e. The van der Waals surface area contributed by atoms with Crippen LogP contribution in [0.2, 0.25) is 0 Å². The van der Waals surface area contributed by atoms with Gasteiger partial charge in [0.05, 0.1) is 17.2 Å². The molecular weight excluding hydrogens is 334 g/mol. The number of carboxylic acids is 1. The molecule has 1 aliphatic rings. The molecule has 0 radical (unpaired) electrons. The molecule has 2 atom stereocenters. The van der Waals surface area contributed by atoms with Gasteiger partial charge >= 0.3 is 5.97 Å². The van der Waals surface area contributed by atoms with Gasteiger partial charge in [-0.05, 0) is 27.9 Å². The van der Waals surface area contributed by atoms with Crippen LogP contribution in [0.25, 0.3) is 0 Å². The first-order valence-electron chi connectivity index (χ1n) is 5.83. The molecule has 0 saturated carbocycles. The van der Waals surface area contributed by atoms with E-state index in [1.807, 2.05) is 13.8 Å². The normalized spacial score (nSPS) is 23.1. The molecule has 5 nitrogen and oxygen atoms in total. The van der Waals surface area contributed by atoms with Crippen LogP contribution < -0.4 is 0 Å². The fourth-order valence-electron chi connectivity index (χ4n) is 2.07. The van der Waals surface area contributed by atoms with Gasteiger partial charge in [-0.3, -0.25) is 4.79 Å². The molecule has 7 heteroatoms. The van der Waals surface area contributed by atoms with Crippen molar-refractivity contribution in [3.05, 3.63) is 22.6 Å². The Bertz CT molecular complexity index is 502. The van der Waals surface area contributed by atoms with E-state index in [-0.39, 0.29) is 17.2 Å². The number of carbonyl (C=O) groups excluding carboxylic acids is 1. The van der Waals surface area contributed by atoms with Crippen LogP contribution in [-0.2, 0) is 4.79 Å². The van der Waals surface area contributed by atoms with Crippen LogP contribution >= 0.6 is 27.7 Å². The lowest BCUT2D eigenvalue weighted by Gasteiger charge is -2.29. The van der Waals surface area contributed by atoms with Crippen molar-refractivity contribution in [3.63, 3.8) is 0 Å². The minimum absolute atomic E-state index is 0.129. The third-order valence-corrected chi connectivity index (χ3v) is 5.21. The highest BCUT2D eigenvalue weighted by molar-refractivity contribution is 9.10. The quantitative estimate of drug-likeness (QED) is 0.909. The summed E-state index contributed by atoms with van der Waals surface area (Å²) < 4.78 is 5.39. The zero-order chi connectivity index (χ0) is 14.2. The zero-order valence-corrected chi connectivity index (χ0v) is 12.9. The third kappa shape index (κ3) is 2.67. The van der Waals surface area contributed by atoms with Crippen molar-refractivity contribution in [2.75, 3.05) is 5.75 Å². The van der Waals surface area contributed by atoms with E-state index in [0.29, 0.717) is 16.0 Å². The number of carbonyl (C=O) groups is 2. The lowest BCUT2D eigenvalue weighted by molar-refractivity contribution is -0.141. The molecule has 1 N–H and O–H groups in total. The van der Waals surface area contributed by atoms with E-state index >= 15 is 0 Å². The van der Waals surface area contributed by atoms with Crippen molar-refractivity contribution in [1.29, 1.82) is 0 Å². The largest absolute Gasteiger partial charge is 0.480 e. The number of furan rings is 1. The summed E-state index contributed by atoms with van der Waals surface area (Å²) in [5, 5.41) is 9.13. The molecule has 0 aliphatic carbocycles. The van der Waals surface area contributed by atoms with Crippen LogP contribution in [0, 0.1) is 5.92 Å². The molecule has 1 fully saturated rings. The van der Waals surface area contributed by atoms with Gasteiger partial charge in [-0.25, -0.2) is 4.79 Å². The lowest BCUT2D eigenvalue weighted by Crippen LogP contribution is -2.47. The number of hydrogen-bond acceptors (Lipinski definition) is 4. The molecule has 2 heterocycles. The first-order chi connectivity index (χ1) is 8.93. The van der Waals surface area contributed by atoms with Gasteiger partial charge in [-0.2, -0.15) is 0 Å². The molecule has 2 unspecified atom stereocenters. The van der Waals surface area contributed by atoms with Gasteiger partial charge in [-0.15, -0.1) is 11.8 Å². The van der Waals surface area contributed by atoms with Crippen LogP contribution in [0.5, 0.6) is 0 Å². The second-order valence-corrected chi connectivity index (χ2v) is 6.51. The highest BCUT2D eigenvalue weighted by atomic mass is 79.9. The second-order valence-electron chi connectivity index (χ2n) is 4.64. The summed E-state index contributed by atoms with van der Waals surface area (Å²) in [6, 6.07) is 0.762. The average molecular weight is 348 g/mol. The lowest BCUT2D eigenvalue weighted by atomic mass is 10.1. The Labute approximate surface area is 123 Å². The molecule has 104 valence electrons. The monoisotopic (exact) mass is 347 g/mol. The van der Waals surface area contributed by atoms with E-state index in [2.05, 4.69) is 15.9 Å². The average Bonchev–Trinajstić information content (AvgIpc) is 2.93. The Morgan fingerprint density at radius 2 is 2.26 bits per heavy atom. The van der Waals surface area contributed by atoms with Crippen molar-refractivity contribution >= 4 is 39.6 Å². The number of rotatable bonds is 3. The van der Waals surface area contributed by atoms with Gasteiger partial charge in [-0.1, -0.05) is 13.8 Å². The fourth-order valence-corrected chi connectivity index (χ4v) is 3.95. The van der Waals surface area contributed by atoms with Gasteiger partial charge in [0.2, 0.25) is 0 Å². The first kappa shape index (κ1) is 14.5. The van der Waals surface area contributed by atoms with E-state index < -0.39 is 12.0 Å². The van der Waals surface area contributed by atoms with Crippen molar-refractivity contribution in [2.45, 2.75) is 25.3 Å². The predicted molar refractivity (Wildman–Crippen MR) is 75.1 cm³/mol. The Morgan fingerprint density at radius 1 is 1.58 bits per heavy atom. The fraction of sp³-hybridized carbons (Fsp3) is 0.500. The van der Waals surface area contributed by atoms with Crippen molar-refractivity contribution in [3.8, 4) is 0 Å². The molecule has 2 rings (SSSR count). The van der Waals surface area contributed by atoms with Crippen LogP contribution in [-0.4, -0.2) is 39.1 Å². The number of nitrogens with zero attached hydrogens (tertiary/aromatic N) is 1. The number of thioether (sulfide) groups is 1. The molecule has 0 spiro atoms. The standard InChI is InChI=1S/C12H14BrNO4S/c1-6(2)11-14(8(5-19-11)12(16)17)10(15)7-3-4-18-9(7)13/h3-4,6,8,11H,5H2,1-2H3,(H,16,17). The number of hydrogen-bond donors (Lipinski definition) is 1. The molecule has 19 heavy (non-hydrogen) atoms. The van der Waals surface area contributed by atoms with E-state index in [1.54, 1.807) is 6.07 Å². The molecule has 1 amide bonds. The van der Waals surface area contributed by atoms with Crippen LogP contribution in [0.4, 0.5) is 0 Å². The van der Waals surface area contributed by atoms with Gasteiger partial charge in [0.15, 0.2) is 4.67 Å². The number of halogens is 1. The number of carboxylic acid groups (broad SMARTS) is 1. The van der Waals surface area contributed by atoms with E-state index in [9.17, 15) is 14.7 Å². The Kier molecular flexibility index (Phi) is 4.25. The summed E-state index contributed by atoms with van der Waals surface area (Å²) in [4.78, 5) is 25.3. The minimum Gasteiger partial charge on any atom is -0.480 e. The molecule has 0 bridgehead atoms. The molecular formula is C12H14BrNO4S. The maximum atomic E-state index is 12.5. The highest BCUT2D eigenvalue weighted by Crippen LogP contribution is 2.36. The summed E-state index contributed by atoms with van der Waals surface area (Å²) in [6.07, 6.45) is 1.40. The highest BCUT2D eigenvalue weighted by Gasteiger charge is 2.43. The minimum atomic E-state index is -0.969. The maximum absolute atomic E-state index is 12.5. The Morgan fingerprint density at radius 3 is 2.74 bits per heavy atom. The van der Waals surface area contributed by atoms with Crippen molar-refractivity contribution in [2.24, 2.45) is 5.92 Å². The smallest absolute Gasteiger partial charge is 0.327 e. The summed E-state index contributed by atoms with van der Waals surface area (Å²) in [5.41, 5.74) is 0.361. The predicted octanol–water partition coefficient (Wildman–Crippen LogP) is 2.67. The van der Waals surface area contributed by atoms with Crippen LogP contribution in [0.15, 0.2) is 21.4 Å². The van der Waals surface area contributed by atoms with Gasteiger partial charge in [0, 0.05) is 5.75 Å². The second kappa shape index (κ2) is 5.58. The number of amides is 1. The zero-order valence-electron chi connectivity index (χ0n) is 10.5. The van der Waals surface area contributed by atoms with Crippen LogP contribution in [0.3, 0.4) is 0 Å². The van der Waals surface area contributed by atoms with Crippen molar-refractivity contribution in [1.82, 2.24) is 4.90 Å². The molecule has 0 aromatic carbocycles. The summed E-state index contributed by atoms with van der Waals surface area (Å²) >= 11 is 4.66. The van der Waals surface area contributed by atoms with Gasteiger partial charge in [0.1, 0.15) is 6.04 Å². The number of aliphatic carboxylic acids is 1. The summed E-state index contributed by atoms with van der Waals surface area (Å²) in [6.45, 7) is 3.96. The molecule has 1 aliphatic heterocycles. The molecule has 1 saturated heterocycles. The van der Waals surface area contributed by atoms with Crippen molar-refractivity contribution < 1.29 is 19.1 Å². The molecule has 1 aromatic rings. The van der Waals surface area contributed by atoms with Gasteiger partial charge in [0.25, 0.3) is 5.91 Å². The first-order valence-corrected chi connectivity index (χ1v) is 7.67. The van der Waals surface area contributed by atoms with Gasteiger partial charge < -0.3 is 14.4 Å². The SMILES string of the molecule is CC(C)C1SCC(C(=O)O)N1C(=O)c1ccoc1Br.